The molecule has 1 aromatic rings. The Morgan fingerprint density at radius 3 is 2.72 bits per heavy atom. The van der Waals surface area contributed by atoms with Crippen molar-refractivity contribution in [2.75, 3.05) is 11.4 Å². The predicted molar refractivity (Wildman–Crippen MR) is 65.8 cm³/mol. The number of nitrogens with zero attached hydrogens (tertiary/aromatic N) is 2. The first-order valence-corrected chi connectivity index (χ1v) is 5.72. The third-order valence-electron chi connectivity index (χ3n) is 3.01. The zero-order chi connectivity index (χ0) is 13.3. The van der Waals surface area contributed by atoms with E-state index in [1.807, 2.05) is 6.92 Å². The minimum atomic E-state index is -0.923. The van der Waals surface area contributed by atoms with Crippen molar-refractivity contribution < 1.29 is 14.8 Å². The Labute approximate surface area is 104 Å². The van der Waals surface area contributed by atoms with Crippen LogP contribution >= 0.6 is 0 Å². The van der Waals surface area contributed by atoms with E-state index in [1.54, 1.807) is 11.0 Å². The molecule has 0 aromatic heterocycles. The number of non-ortho nitro benzene ring substituents is 1. The molecule has 18 heavy (non-hydrogen) atoms. The number of benzene rings is 1. The smallest absolute Gasteiger partial charge is 0.323 e. The third kappa shape index (κ3) is 2.58. The molecule has 0 aliphatic heterocycles. The predicted octanol–water partition coefficient (Wildman–Crippen LogP) is 1.96. The van der Waals surface area contributed by atoms with Gasteiger partial charge in [-0.3, -0.25) is 14.9 Å². The van der Waals surface area contributed by atoms with E-state index < -0.39 is 10.9 Å². The quantitative estimate of drug-likeness (QED) is 0.637. The van der Waals surface area contributed by atoms with Crippen molar-refractivity contribution in [3.63, 3.8) is 0 Å². The van der Waals surface area contributed by atoms with Gasteiger partial charge in [0.2, 0.25) is 0 Å². The summed E-state index contributed by atoms with van der Waals surface area (Å²) >= 11 is 0. The molecule has 96 valence electrons. The number of carboxylic acid groups (broad SMARTS) is 1. The fourth-order valence-corrected chi connectivity index (χ4v) is 1.96. The molecule has 1 aromatic carbocycles. The first kappa shape index (κ1) is 12.3. The summed E-state index contributed by atoms with van der Waals surface area (Å²) in [4.78, 5) is 22.9. The summed E-state index contributed by atoms with van der Waals surface area (Å²) in [5.74, 6) is -0.923. The van der Waals surface area contributed by atoms with Gasteiger partial charge in [-0.25, -0.2) is 0 Å². The Morgan fingerprint density at radius 2 is 2.22 bits per heavy atom. The Morgan fingerprint density at radius 1 is 1.56 bits per heavy atom. The second-order valence-corrected chi connectivity index (χ2v) is 4.48. The second kappa shape index (κ2) is 4.64. The highest BCUT2D eigenvalue weighted by molar-refractivity contribution is 5.75. The van der Waals surface area contributed by atoms with Gasteiger partial charge in [0.15, 0.2) is 0 Å². The van der Waals surface area contributed by atoms with Crippen LogP contribution in [0.2, 0.25) is 0 Å². The summed E-state index contributed by atoms with van der Waals surface area (Å²) in [6.45, 7) is 1.71. The molecule has 0 amide bonds. The van der Waals surface area contributed by atoms with E-state index in [0.717, 1.165) is 18.4 Å². The second-order valence-electron chi connectivity index (χ2n) is 4.48. The van der Waals surface area contributed by atoms with Crippen LogP contribution in [0.3, 0.4) is 0 Å². The van der Waals surface area contributed by atoms with E-state index in [9.17, 15) is 14.9 Å². The van der Waals surface area contributed by atoms with Crippen molar-refractivity contribution in [2.45, 2.75) is 25.8 Å². The van der Waals surface area contributed by atoms with Gasteiger partial charge >= 0.3 is 5.97 Å². The van der Waals surface area contributed by atoms with Crippen LogP contribution in [-0.2, 0) is 4.79 Å². The van der Waals surface area contributed by atoms with Gasteiger partial charge in [-0.05, 0) is 25.3 Å². The minimum absolute atomic E-state index is 0.00774. The van der Waals surface area contributed by atoms with E-state index >= 15 is 0 Å². The molecule has 1 aliphatic rings. The van der Waals surface area contributed by atoms with Gasteiger partial charge in [0.25, 0.3) is 5.69 Å². The highest BCUT2D eigenvalue weighted by Crippen LogP contribution is 2.34. The van der Waals surface area contributed by atoms with Crippen LogP contribution in [0.1, 0.15) is 18.4 Å². The standard InChI is InChI=1S/C12H14N2O4/c1-8-2-3-10(14(17)18)6-11(8)13(7-12(15)16)9-4-5-9/h2-3,6,9H,4-5,7H2,1H3,(H,15,16). The van der Waals surface area contributed by atoms with Crippen LogP contribution < -0.4 is 4.90 Å². The monoisotopic (exact) mass is 250 g/mol. The number of aryl methyl sites for hydroxylation is 1. The zero-order valence-corrected chi connectivity index (χ0v) is 10.00. The topological polar surface area (TPSA) is 83.7 Å². The van der Waals surface area contributed by atoms with Gasteiger partial charge in [-0.15, -0.1) is 0 Å². The normalized spacial score (nSPS) is 14.3. The van der Waals surface area contributed by atoms with Crippen molar-refractivity contribution in [2.24, 2.45) is 0 Å². The number of rotatable bonds is 5. The lowest BCUT2D eigenvalue weighted by Gasteiger charge is -2.24. The third-order valence-corrected chi connectivity index (χ3v) is 3.01. The lowest BCUT2D eigenvalue weighted by Crippen LogP contribution is -2.32. The fraction of sp³-hybridized carbons (Fsp3) is 0.417. The van der Waals surface area contributed by atoms with Gasteiger partial charge in [-0.1, -0.05) is 6.07 Å². The van der Waals surface area contributed by atoms with Crippen molar-refractivity contribution in [3.05, 3.63) is 33.9 Å². The van der Waals surface area contributed by atoms with Crippen molar-refractivity contribution in [1.82, 2.24) is 0 Å². The Bertz CT molecular complexity index is 497. The van der Waals surface area contributed by atoms with Crippen LogP contribution in [0, 0.1) is 17.0 Å². The molecule has 0 heterocycles. The molecule has 1 N–H and O–H groups in total. The van der Waals surface area contributed by atoms with Gasteiger partial charge < -0.3 is 10.0 Å². The van der Waals surface area contributed by atoms with Crippen LogP contribution in [0.15, 0.2) is 18.2 Å². The summed E-state index contributed by atoms with van der Waals surface area (Å²) < 4.78 is 0. The molecule has 0 saturated heterocycles. The van der Waals surface area contributed by atoms with E-state index in [-0.39, 0.29) is 18.3 Å². The molecule has 0 radical (unpaired) electrons. The molecule has 6 heteroatoms. The van der Waals surface area contributed by atoms with Crippen LogP contribution in [0.5, 0.6) is 0 Å². The van der Waals surface area contributed by atoms with Crippen LogP contribution in [0.25, 0.3) is 0 Å². The minimum Gasteiger partial charge on any atom is -0.480 e. The number of aliphatic carboxylic acids is 1. The number of anilines is 1. The maximum atomic E-state index is 10.9. The molecule has 0 bridgehead atoms. The first-order valence-electron chi connectivity index (χ1n) is 5.72. The zero-order valence-electron chi connectivity index (χ0n) is 10.00. The Hall–Kier alpha value is -2.11. The molecule has 6 nitrogen and oxygen atoms in total. The van der Waals surface area contributed by atoms with E-state index in [4.69, 9.17) is 5.11 Å². The van der Waals surface area contributed by atoms with Crippen LogP contribution in [-0.4, -0.2) is 28.6 Å². The Kier molecular flexibility index (Phi) is 3.18. The van der Waals surface area contributed by atoms with E-state index in [2.05, 4.69) is 0 Å². The summed E-state index contributed by atoms with van der Waals surface area (Å²) in [7, 11) is 0. The van der Waals surface area contributed by atoms with Crippen molar-refractivity contribution >= 4 is 17.3 Å². The number of hydrogen-bond donors (Lipinski definition) is 1. The average molecular weight is 250 g/mol. The molecule has 2 rings (SSSR count). The van der Waals surface area contributed by atoms with Gasteiger partial charge in [0.05, 0.1) is 4.92 Å². The molecule has 1 aliphatic carbocycles. The highest BCUT2D eigenvalue weighted by atomic mass is 16.6. The van der Waals surface area contributed by atoms with Crippen molar-refractivity contribution in [1.29, 1.82) is 0 Å². The Balaban J connectivity index is 2.36. The number of nitro groups is 1. The average Bonchev–Trinajstić information content (AvgIpc) is 3.10. The summed E-state index contributed by atoms with van der Waals surface area (Å²) in [6.07, 6.45) is 1.88. The first-order chi connectivity index (χ1) is 8.49. The largest absolute Gasteiger partial charge is 0.480 e. The summed E-state index contributed by atoms with van der Waals surface area (Å²) in [5, 5.41) is 19.7. The number of carbonyl (C=O) groups is 1. The maximum Gasteiger partial charge on any atom is 0.323 e. The molecule has 0 spiro atoms. The summed E-state index contributed by atoms with van der Waals surface area (Å²) in [6, 6.07) is 4.74. The van der Waals surface area contributed by atoms with Crippen LogP contribution in [0.4, 0.5) is 11.4 Å². The van der Waals surface area contributed by atoms with E-state index in [0.29, 0.717) is 5.69 Å². The lowest BCUT2D eigenvalue weighted by molar-refractivity contribution is -0.384. The SMILES string of the molecule is Cc1ccc([N+](=O)[O-])cc1N(CC(=O)O)C1CC1. The number of hydrogen-bond acceptors (Lipinski definition) is 4. The van der Waals surface area contributed by atoms with E-state index in [1.165, 1.54) is 12.1 Å². The molecular weight excluding hydrogens is 236 g/mol. The van der Waals surface area contributed by atoms with Gasteiger partial charge in [0, 0.05) is 23.9 Å². The molecule has 1 saturated carbocycles. The number of nitro benzene ring substituents is 1. The summed E-state index contributed by atoms with van der Waals surface area (Å²) in [5.41, 5.74) is 1.49. The maximum absolute atomic E-state index is 10.9. The molecule has 0 unspecified atom stereocenters. The fourth-order valence-electron chi connectivity index (χ4n) is 1.96. The molecule has 0 atom stereocenters. The van der Waals surface area contributed by atoms with Crippen molar-refractivity contribution in [3.8, 4) is 0 Å². The van der Waals surface area contributed by atoms with Gasteiger partial charge in [0.1, 0.15) is 6.54 Å². The molecular formula is C12H14N2O4. The highest BCUT2D eigenvalue weighted by Gasteiger charge is 2.32. The van der Waals surface area contributed by atoms with Gasteiger partial charge in [-0.2, -0.15) is 0 Å². The molecule has 1 fully saturated rings. The lowest BCUT2D eigenvalue weighted by atomic mass is 10.1. The number of carboxylic acids is 1.